The Morgan fingerprint density at radius 1 is 1.30 bits per heavy atom. The van der Waals surface area contributed by atoms with Gasteiger partial charge in [0.1, 0.15) is 5.75 Å². The molecule has 0 bridgehead atoms. The summed E-state index contributed by atoms with van der Waals surface area (Å²) in [6.45, 7) is 6.16. The van der Waals surface area contributed by atoms with Crippen LogP contribution in [0.25, 0.3) is 0 Å². The molecule has 0 unspecified atom stereocenters. The fraction of sp³-hybridized carbons (Fsp3) is 0.625. The number of nitrogens with zero attached hydrogens (tertiary/aromatic N) is 2. The van der Waals surface area contributed by atoms with Crippen LogP contribution in [0.2, 0.25) is 0 Å². The van der Waals surface area contributed by atoms with E-state index in [-0.39, 0.29) is 0 Å². The maximum Gasteiger partial charge on any atom is 0.123 e. The summed E-state index contributed by atoms with van der Waals surface area (Å²) in [5, 5.41) is 0. The van der Waals surface area contributed by atoms with Gasteiger partial charge in [-0.1, -0.05) is 0 Å². The minimum atomic E-state index is 0.668. The van der Waals surface area contributed by atoms with Crippen molar-refractivity contribution >= 4 is 11.4 Å². The highest BCUT2D eigenvalue weighted by atomic mass is 16.5. The Kier molecular flexibility index (Phi) is 5.12. The fourth-order valence-corrected chi connectivity index (χ4v) is 2.81. The summed E-state index contributed by atoms with van der Waals surface area (Å²) in [6, 6.07) is 5.99. The summed E-state index contributed by atoms with van der Waals surface area (Å²) in [5.41, 5.74) is 7.88. The van der Waals surface area contributed by atoms with Crippen LogP contribution in [0.4, 0.5) is 11.4 Å². The lowest BCUT2D eigenvalue weighted by Gasteiger charge is -2.32. The third kappa shape index (κ3) is 4.04. The standard InChI is InChI=1S/C16H27N3O/c1-4-20-16-10-14(17)9-15(11-16)19(3)12-13-5-7-18(2)8-6-13/h9-11,13H,4-8,12,17H2,1-3H3. The lowest BCUT2D eigenvalue weighted by atomic mass is 9.96. The maximum atomic E-state index is 5.97. The summed E-state index contributed by atoms with van der Waals surface area (Å²) in [6.07, 6.45) is 2.56. The Balaban J connectivity index is 1.99. The Morgan fingerprint density at radius 3 is 2.65 bits per heavy atom. The molecule has 0 aliphatic carbocycles. The number of anilines is 2. The van der Waals surface area contributed by atoms with Gasteiger partial charge >= 0.3 is 0 Å². The van der Waals surface area contributed by atoms with Crippen LogP contribution in [0.15, 0.2) is 18.2 Å². The number of rotatable bonds is 5. The first-order valence-corrected chi connectivity index (χ1v) is 7.51. The molecule has 20 heavy (non-hydrogen) atoms. The van der Waals surface area contributed by atoms with Crippen LogP contribution in [0.5, 0.6) is 5.75 Å². The van der Waals surface area contributed by atoms with Gasteiger partial charge in [-0.25, -0.2) is 0 Å². The molecule has 1 saturated heterocycles. The molecule has 1 aliphatic heterocycles. The van der Waals surface area contributed by atoms with E-state index in [9.17, 15) is 0 Å². The minimum Gasteiger partial charge on any atom is -0.494 e. The van der Waals surface area contributed by atoms with E-state index < -0.39 is 0 Å². The van der Waals surface area contributed by atoms with Gasteiger partial charge in [0.15, 0.2) is 0 Å². The average molecular weight is 277 g/mol. The van der Waals surface area contributed by atoms with Crippen LogP contribution in [0.3, 0.4) is 0 Å². The first-order chi connectivity index (χ1) is 9.58. The highest BCUT2D eigenvalue weighted by molar-refractivity contribution is 5.60. The van der Waals surface area contributed by atoms with Crippen molar-refractivity contribution in [3.05, 3.63) is 18.2 Å². The van der Waals surface area contributed by atoms with Crippen LogP contribution in [0.1, 0.15) is 19.8 Å². The van der Waals surface area contributed by atoms with Gasteiger partial charge < -0.3 is 20.3 Å². The molecule has 1 aliphatic rings. The van der Waals surface area contributed by atoms with Crippen LogP contribution >= 0.6 is 0 Å². The van der Waals surface area contributed by atoms with E-state index >= 15 is 0 Å². The molecule has 0 saturated carbocycles. The molecule has 0 aromatic heterocycles. The molecule has 1 heterocycles. The van der Waals surface area contributed by atoms with E-state index in [4.69, 9.17) is 10.5 Å². The Morgan fingerprint density at radius 2 is 2.00 bits per heavy atom. The zero-order valence-corrected chi connectivity index (χ0v) is 12.9. The number of nitrogens with two attached hydrogens (primary N) is 1. The third-order valence-corrected chi connectivity index (χ3v) is 4.04. The zero-order chi connectivity index (χ0) is 14.5. The lowest BCUT2D eigenvalue weighted by Crippen LogP contribution is -2.35. The second-order valence-corrected chi connectivity index (χ2v) is 5.82. The monoisotopic (exact) mass is 277 g/mol. The van der Waals surface area contributed by atoms with Gasteiger partial charge in [0.2, 0.25) is 0 Å². The number of hydrogen-bond donors (Lipinski definition) is 1. The van der Waals surface area contributed by atoms with E-state index in [1.165, 1.54) is 25.9 Å². The zero-order valence-electron chi connectivity index (χ0n) is 12.9. The predicted molar refractivity (Wildman–Crippen MR) is 85.5 cm³/mol. The van der Waals surface area contributed by atoms with E-state index in [1.54, 1.807) is 0 Å². The molecular weight excluding hydrogens is 250 g/mol. The van der Waals surface area contributed by atoms with Crippen molar-refractivity contribution in [1.82, 2.24) is 4.90 Å². The smallest absolute Gasteiger partial charge is 0.123 e. The number of likely N-dealkylation sites (tertiary alicyclic amines) is 1. The molecule has 2 N–H and O–H groups in total. The summed E-state index contributed by atoms with van der Waals surface area (Å²) in [4.78, 5) is 4.71. The van der Waals surface area contributed by atoms with Crippen molar-refractivity contribution in [2.24, 2.45) is 5.92 Å². The number of ether oxygens (including phenoxy) is 1. The third-order valence-electron chi connectivity index (χ3n) is 4.04. The SMILES string of the molecule is CCOc1cc(N)cc(N(C)CC2CCN(C)CC2)c1. The van der Waals surface area contributed by atoms with Gasteiger partial charge in [0.05, 0.1) is 6.61 Å². The lowest BCUT2D eigenvalue weighted by molar-refractivity contribution is 0.222. The van der Waals surface area contributed by atoms with Crippen LogP contribution in [-0.4, -0.2) is 45.2 Å². The highest BCUT2D eigenvalue weighted by Gasteiger charge is 2.18. The Bertz CT molecular complexity index is 428. The van der Waals surface area contributed by atoms with Crippen LogP contribution < -0.4 is 15.4 Å². The molecule has 0 spiro atoms. The predicted octanol–water partition coefficient (Wildman–Crippen LogP) is 2.45. The molecule has 1 aromatic carbocycles. The van der Waals surface area contributed by atoms with Crippen molar-refractivity contribution in [3.63, 3.8) is 0 Å². The normalized spacial score (nSPS) is 17.1. The van der Waals surface area contributed by atoms with Gasteiger partial charge in [-0.05, 0) is 51.9 Å². The molecule has 1 aromatic rings. The maximum absolute atomic E-state index is 5.97. The van der Waals surface area contributed by atoms with Gasteiger partial charge in [-0.2, -0.15) is 0 Å². The summed E-state index contributed by atoms with van der Waals surface area (Å²) >= 11 is 0. The van der Waals surface area contributed by atoms with E-state index in [0.717, 1.165) is 29.6 Å². The molecular formula is C16H27N3O. The van der Waals surface area contributed by atoms with Gasteiger partial charge in [-0.15, -0.1) is 0 Å². The average Bonchev–Trinajstić information content (AvgIpc) is 2.41. The van der Waals surface area contributed by atoms with Crippen molar-refractivity contribution in [2.45, 2.75) is 19.8 Å². The van der Waals surface area contributed by atoms with Crippen molar-refractivity contribution in [3.8, 4) is 5.75 Å². The largest absolute Gasteiger partial charge is 0.494 e. The van der Waals surface area contributed by atoms with Crippen molar-refractivity contribution in [1.29, 1.82) is 0 Å². The fourth-order valence-electron chi connectivity index (χ4n) is 2.81. The van der Waals surface area contributed by atoms with Crippen molar-refractivity contribution in [2.75, 3.05) is 51.0 Å². The molecule has 2 rings (SSSR count). The Labute approximate surface area is 122 Å². The molecule has 0 amide bonds. The van der Waals surface area contributed by atoms with Gasteiger partial charge in [-0.3, -0.25) is 0 Å². The molecule has 4 heteroatoms. The number of nitrogen functional groups attached to an aromatic ring is 1. The van der Waals surface area contributed by atoms with Gasteiger partial charge in [0.25, 0.3) is 0 Å². The Hall–Kier alpha value is -1.42. The van der Waals surface area contributed by atoms with Crippen molar-refractivity contribution < 1.29 is 4.74 Å². The topological polar surface area (TPSA) is 41.7 Å². The molecule has 0 radical (unpaired) electrons. The summed E-state index contributed by atoms with van der Waals surface area (Å²) in [5.74, 6) is 1.63. The van der Waals surface area contributed by atoms with Crippen LogP contribution in [0, 0.1) is 5.92 Å². The number of piperidine rings is 1. The molecule has 112 valence electrons. The van der Waals surface area contributed by atoms with E-state index in [0.29, 0.717) is 6.61 Å². The number of benzene rings is 1. The summed E-state index contributed by atoms with van der Waals surface area (Å²) in [7, 11) is 4.34. The summed E-state index contributed by atoms with van der Waals surface area (Å²) < 4.78 is 5.57. The van der Waals surface area contributed by atoms with Gasteiger partial charge in [0, 0.05) is 37.1 Å². The van der Waals surface area contributed by atoms with Crippen LogP contribution in [-0.2, 0) is 0 Å². The van der Waals surface area contributed by atoms with E-state index in [2.05, 4.69) is 30.0 Å². The quantitative estimate of drug-likeness (QED) is 0.839. The highest BCUT2D eigenvalue weighted by Crippen LogP contribution is 2.27. The minimum absolute atomic E-state index is 0.668. The molecule has 0 atom stereocenters. The molecule has 4 nitrogen and oxygen atoms in total. The number of hydrogen-bond acceptors (Lipinski definition) is 4. The molecule has 1 fully saturated rings. The second-order valence-electron chi connectivity index (χ2n) is 5.82. The first-order valence-electron chi connectivity index (χ1n) is 7.51. The van der Waals surface area contributed by atoms with E-state index in [1.807, 2.05) is 19.1 Å². The second kappa shape index (κ2) is 6.84. The first kappa shape index (κ1) is 15.0.